The van der Waals surface area contributed by atoms with Gasteiger partial charge in [-0.1, -0.05) is 13.3 Å². The van der Waals surface area contributed by atoms with Gasteiger partial charge in [0.25, 0.3) is 11.8 Å². The Morgan fingerprint density at radius 1 is 1.13 bits per heavy atom. The number of fused-ring (bicyclic) bond motifs is 1. The zero-order valence-corrected chi connectivity index (χ0v) is 17.5. The number of carbonyl (C=O) groups excluding carboxylic acids is 2. The van der Waals surface area contributed by atoms with E-state index in [0.29, 0.717) is 35.2 Å². The summed E-state index contributed by atoms with van der Waals surface area (Å²) >= 11 is 0. The van der Waals surface area contributed by atoms with Crippen LogP contribution in [0.3, 0.4) is 0 Å². The highest BCUT2D eigenvalue weighted by Gasteiger charge is 2.16. The lowest BCUT2D eigenvalue weighted by Crippen LogP contribution is -2.34. The Bertz CT molecular complexity index is 960. The van der Waals surface area contributed by atoms with Crippen molar-refractivity contribution in [3.63, 3.8) is 0 Å². The Morgan fingerprint density at radius 2 is 1.97 bits per heavy atom. The number of nitrogens with one attached hydrogen (secondary N) is 2. The molecule has 0 saturated carbocycles. The fourth-order valence-electron chi connectivity index (χ4n) is 2.73. The van der Waals surface area contributed by atoms with Crippen molar-refractivity contribution in [3.05, 3.63) is 47.5 Å². The molecule has 0 bridgehead atoms. The molecule has 9 nitrogen and oxygen atoms in total. The Labute approximate surface area is 180 Å². The van der Waals surface area contributed by atoms with Crippen LogP contribution in [0.4, 0.5) is 0 Å². The number of hydrazone groups is 1. The summed E-state index contributed by atoms with van der Waals surface area (Å²) in [7, 11) is 1.56. The van der Waals surface area contributed by atoms with Gasteiger partial charge in [-0.3, -0.25) is 9.59 Å². The molecule has 0 fully saturated rings. The molecule has 164 valence electrons. The van der Waals surface area contributed by atoms with Gasteiger partial charge in [-0.2, -0.15) is 5.10 Å². The van der Waals surface area contributed by atoms with Crippen molar-refractivity contribution in [2.45, 2.75) is 19.8 Å². The SMILES string of the molecule is CCCCOc1ccc(/C=N\NC(=O)CNC(=O)c2ccc3c(c2)OCO3)cc1OC. The van der Waals surface area contributed by atoms with Crippen LogP contribution in [0.2, 0.25) is 0 Å². The predicted molar refractivity (Wildman–Crippen MR) is 114 cm³/mol. The smallest absolute Gasteiger partial charge is 0.259 e. The third-order valence-corrected chi connectivity index (χ3v) is 4.39. The molecule has 0 radical (unpaired) electrons. The third-order valence-electron chi connectivity index (χ3n) is 4.39. The second-order valence-electron chi connectivity index (χ2n) is 6.66. The van der Waals surface area contributed by atoms with Gasteiger partial charge in [0, 0.05) is 5.56 Å². The first-order valence-electron chi connectivity index (χ1n) is 9.91. The average Bonchev–Trinajstić information content (AvgIpc) is 3.26. The maximum atomic E-state index is 12.2. The van der Waals surface area contributed by atoms with Crippen molar-refractivity contribution in [2.24, 2.45) is 5.10 Å². The highest BCUT2D eigenvalue weighted by Crippen LogP contribution is 2.32. The Morgan fingerprint density at radius 3 is 2.77 bits per heavy atom. The van der Waals surface area contributed by atoms with E-state index in [9.17, 15) is 9.59 Å². The van der Waals surface area contributed by atoms with E-state index in [1.165, 1.54) is 6.21 Å². The van der Waals surface area contributed by atoms with Gasteiger partial charge < -0.3 is 24.3 Å². The Hall–Kier alpha value is -3.75. The van der Waals surface area contributed by atoms with Gasteiger partial charge in [0.2, 0.25) is 6.79 Å². The van der Waals surface area contributed by atoms with Crippen LogP contribution in [-0.2, 0) is 4.79 Å². The molecule has 0 aliphatic carbocycles. The first kappa shape index (κ1) is 21.9. The van der Waals surface area contributed by atoms with Gasteiger partial charge in [-0.15, -0.1) is 0 Å². The van der Waals surface area contributed by atoms with Crippen molar-refractivity contribution in [2.75, 3.05) is 27.1 Å². The maximum Gasteiger partial charge on any atom is 0.259 e. The second kappa shape index (κ2) is 10.9. The zero-order valence-electron chi connectivity index (χ0n) is 17.5. The minimum atomic E-state index is -0.461. The summed E-state index contributed by atoms with van der Waals surface area (Å²) in [5.74, 6) is 1.46. The van der Waals surface area contributed by atoms with Gasteiger partial charge in [0.05, 0.1) is 26.5 Å². The van der Waals surface area contributed by atoms with E-state index in [4.69, 9.17) is 18.9 Å². The summed E-state index contributed by atoms with van der Waals surface area (Å²) in [6.07, 6.45) is 3.49. The summed E-state index contributed by atoms with van der Waals surface area (Å²) in [6, 6.07) is 10.2. The number of nitrogens with zero attached hydrogens (tertiary/aromatic N) is 1. The number of hydrogen-bond donors (Lipinski definition) is 2. The molecule has 9 heteroatoms. The summed E-state index contributed by atoms with van der Waals surface area (Å²) in [4.78, 5) is 24.1. The highest BCUT2D eigenvalue weighted by atomic mass is 16.7. The van der Waals surface area contributed by atoms with Crippen molar-refractivity contribution in [1.29, 1.82) is 0 Å². The minimum absolute atomic E-state index is 0.126. The van der Waals surface area contributed by atoms with Gasteiger partial charge in [0.1, 0.15) is 0 Å². The van der Waals surface area contributed by atoms with Gasteiger partial charge in [0.15, 0.2) is 23.0 Å². The molecule has 0 atom stereocenters. The van der Waals surface area contributed by atoms with Crippen LogP contribution in [0.5, 0.6) is 23.0 Å². The summed E-state index contributed by atoms with van der Waals surface area (Å²) in [5, 5.41) is 6.44. The van der Waals surface area contributed by atoms with E-state index in [0.717, 1.165) is 18.4 Å². The van der Waals surface area contributed by atoms with E-state index < -0.39 is 11.8 Å². The zero-order chi connectivity index (χ0) is 22.1. The molecule has 2 aromatic carbocycles. The lowest BCUT2D eigenvalue weighted by molar-refractivity contribution is -0.120. The van der Waals surface area contributed by atoms with E-state index in [1.807, 2.05) is 0 Å². The van der Waals surface area contributed by atoms with E-state index >= 15 is 0 Å². The lowest BCUT2D eigenvalue weighted by atomic mass is 10.2. The van der Waals surface area contributed by atoms with E-state index in [-0.39, 0.29) is 13.3 Å². The number of unbranched alkanes of at least 4 members (excludes halogenated alkanes) is 1. The molecule has 0 spiro atoms. The summed E-state index contributed by atoms with van der Waals surface area (Å²) in [6.45, 7) is 2.62. The number of rotatable bonds is 10. The van der Waals surface area contributed by atoms with Crippen molar-refractivity contribution in [1.82, 2.24) is 10.7 Å². The number of hydrogen-bond acceptors (Lipinski definition) is 7. The molecule has 1 aliphatic rings. The van der Waals surface area contributed by atoms with Crippen molar-refractivity contribution >= 4 is 18.0 Å². The molecule has 0 saturated heterocycles. The largest absolute Gasteiger partial charge is 0.493 e. The molecule has 1 aliphatic heterocycles. The first-order chi connectivity index (χ1) is 15.1. The third kappa shape index (κ3) is 6.11. The Kier molecular flexibility index (Phi) is 7.69. The number of methoxy groups -OCH3 is 1. The van der Waals surface area contributed by atoms with Crippen molar-refractivity contribution < 1.29 is 28.5 Å². The average molecular weight is 427 g/mol. The fraction of sp³-hybridized carbons (Fsp3) is 0.318. The molecule has 3 rings (SSSR count). The van der Waals surface area contributed by atoms with Crippen LogP contribution >= 0.6 is 0 Å². The molecule has 2 N–H and O–H groups in total. The van der Waals surface area contributed by atoms with E-state index in [1.54, 1.807) is 43.5 Å². The van der Waals surface area contributed by atoms with Gasteiger partial charge in [-0.25, -0.2) is 5.43 Å². The molecule has 0 aromatic heterocycles. The monoisotopic (exact) mass is 427 g/mol. The summed E-state index contributed by atoms with van der Waals surface area (Å²) in [5.41, 5.74) is 3.47. The van der Waals surface area contributed by atoms with Crippen LogP contribution in [0.25, 0.3) is 0 Å². The minimum Gasteiger partial charge on any atom is -0.493 e. The van der Waals surface area contributed by atoms with Crippen LogP contribution in [0.15, 0.2) is 41.5 Å². The number of benzene rings is 2. The highest BCUT2D eigenvalue weighted by molar-refractivity contribution is 5.97. The van der Waals surface area contributed by atoms with E-state index in [2.05, 4.69) is 22.8 Å². The first-order valence-corrected chi connectivity index (χ1v) is 9.91. The molecule has 2 aromatic rings. The second-order valence-corrected chi connectivity index (χ2v) is 6.66. The number of ether oxygens (including phenoxy) is 4. The molecule has 0 unspecified atom stereocenters. The van der Waals surface area contributed by atoms with Gasteiger partial charge >= 0.3 is 0 Å². The Balaban J connectivity index is 1.47. The predicted octanol–water partition coefficient (Wildman–Crippen LogP) is 2.48. The molecule has 2 amide bonds. The van der Waals surface area contributed by atoms with Crippen LogP contribution < -0.4 is 29.7 Å². The topological polar surface area (TPSA) is 107 Å². The van der Waals surface area contributed by atoms with Crippen molar-refractivity contribution in [3.8, 4) is 23.0 Å². The van der Waals surface area contributed by atoms with Crippen LogP contribution in [-0.4, -0.2) is 45.1 Å². The van der Waals surface area contributed by atoms with Crippen LogP contribution in [0, 0.1) is 0 Å². The van der Waals surface area contributed by atoms with Gasteiger partial charge in [-0.05, 0) is 48.4 Å². The molecular formula is C22H25N3O6. The maximum absolute atomic E-state index is 12.2. The molecular weight excluding hydrogens is 402 g/mol. The summed E-state index contributed by atoms with van der Waals surface area (Å²) < 4.78 is 21.5. The molecule has 1 heterocycles. The standard InChI is InChI=1S/C22H25N3O6/c1-3-4-9-29-17-7-5-15(10-19(17)28-2)12-24-25-21(26)13-23-22(27)16-6-8-18-20(11-16)31-14-30-18/h5-8,10-12H,3-4,9,13-14H2,1-2H3,(H,23,27)(H,25,26)/b24-12-. The normalized spacial score (nSPS) is 11.9. The molecule has 31 heavy (non-hydrogen) atoms. The lowest BCUT2D eigenvalue weighted by Gasteiger charge is -2.10. The quantitative estimate of drug-likeness (QED) is 0.343. The number of amides is 2. The number of carbonyl (C=O) groups is 2. The van der Waals surface area contributed by atoms with Crippen LogP contribution in [0.1, 0.15) is 35.7 Å². The fourth-order valence-corrected chi connectivity index (χ4v) is 2.73.